The van der Waals surface area contributed by atoms with Crippen LogP contribution >= 0.6 is 11.5 Å². The molecule has 0 radical (unpaired) electrons. The SMILES string of the molecule is Cc1nc(S(=O)(=O)Nc2ccc(CCN3CCN(c4nsc5ccccc45)CC3)cc2)cn1C. The van der Waals surface area contributed by atoms with Crippen LogP contribution in [0.3, 0.4) is 0 Å². The van der Waals surface area contributed by atoms with Gasteiger partial charge < -0.3 is 9.47 Å². The molecule has 0 unspecified atom stereocenters. The van der Waals surface area contributed by atoms with E-state index in [2.05, 4.69) is 43.8 Å². The lowest BCUT2D eigenvalue weighted by atomic mass is 10.1. The van der Waals surface area contributed by atoms with Crippen LogP contribution in [0.4, 0.5) is 11.5 Å². The molecular formula is C24H28N6O2S2. The van der Waals surface area contributed by atoms with Gasteiger partial charge in [-0.25, -0.2) is 4.98 Å². The van der Waals surface area contributed by atoms with Crippen LogP contribution in [0, 0.1) is 6.92 Å². The predicted octanol–water partition coefficient (Wildman–Crippen LogP) is 3.50. The van der Waals surface area contributed by atoms with Crippen molar-refractivity contribution in [2.75, 3.05) is 42.3 Å². The van der Waals surface area contributed by atoms with Gasteiger partial charge in [0, 0.05) is 57.0 Å². The van der Waals surface area contributed by atoms with E-state index in [1.165, 1.54) is 21.8 Å². The Morgan fingerprint density at radius 3 is 2.47 bits per heavy atom. The average Bonchev–Trinajstić information content (AvgIpc) is 3.42. The van der Waals surface area contributed by atoms with Crippen LogP contribution < -0.4 is 9.62 Å². The highest BCUT2D eigenvalue weighted by Gasteiger charge is 2.21. The zero-order valence-corrected chi connectivity index (χ0v) is 20.9. The fraction of sp³-hybridized carbons (Fsp3) is 0.333. The van der Waals surface area contributed by atoms with Gasteiger partial charge in [0.15, 0.2) is 5.03 Å². The smallest absolute Gasteiger partial charge is 0.280 e. The number of sulfonamides is 1. The Labute approximate surface area is 204 Å². The summed E-state index contributed by atoms with van der Waals surface area (Å²) in [6.07, 6.45) is 2.44. The van der Waals surface area contributed by atoms with Gasteiger partial charge >= 0.3 is 0 Å². The van der Waals surface area contributed by atoms with Crippen LogP contribution in [0.25, 0.3) is 10.1 Å². The second kappa shape index (κ2) is 9.36. The quantitative estimate of drug-likeness (QED) is 0.422. The van der Waals surface area contributed by atoms with Crippen molar-refractivity contribution in [2.24, 2.45) is 7.05 Å². The first-order valence-electron chi connectivity index (χ1n) is 11.3. The van der Waals surface area contributed by atoms with Gasteiger partial charge in [-0.05, 0) is 54.7 Å². The lowest BCUT2D eigenvalue weighted by molar-refractivity contribution is 0.261. The van der Waals surface area contributed by atoms with Crippen LogP contribution in [0.5, 0.6) is 0 Å². The van der Waals surface area contributed by atoms with E-state index in [9.17, 15) is 8.42 Å². The third-order valence-electron chi connectivity index (χ3n) is 6.31. The highest BCUT2D eigenvalue weighted by Crippen LogP contribution is 2.29. The van der Waals surface area contributed by atoms with E-state index in [0.717, 1.165) is 45.0 Å². The first-order valence-corrected chi connectivity index (χ1v) is 13.6. The van der Waals surface area contributed by atoms with Crippen LogP contribution in [-0.4, -0.2) is 60.0 Å². The van der Waals surface area contributed by atoms with Gasteiger partial charge in [-0.15, -0.1) is 0 Å². The first-order chi connectivity index (χ1) is 16.4. The minimum absolute atomic E-state index is 0.0290. The molecule has 0 atom stereocenters. The van der Waals surface area contributed by atoms with Crippen LogP contribution in [-0.2, 0) is 23.5 Å². The molecule has 2 aromatic carbocycles. The third kappa shape index (κ3) is 4.79. The second-order valence-electron chi connectivity index (χ2n) is 8.62. The van der Waals surface area contributed by atoms with Crippen molar-refractivity contribution in [2.45, 2.75) is 18.4 Å². The molecule has 1 aliphatic rings. The van der Waals surface area contributed by atoms with Gasteiger partial charge in [-0.3, -0.25) is 9.62 Å². The zero-order chi connectivity index (χ0) is 23.7. The molecule has 3 heterocycles. The number of hydrogen-bond acceptors (Lipinski definition) is 7. The molecule has 5 rings (SSSR count). The Morgan fingerprint density at radius 1 is 1.03 bits per heavy atom. The number of imidazole rings is 1. The number of anilines is 2. The number of hydrogen-bond donors (Lipinski definition) is 1. The summed E-state index contributed by atoms with van der Waals surface area (Å²) in [6.45, 7) is 6.71. The molecule has 1 saturated heterocycles. The Hall–Kier alpha value is -2.95. The van der Waals surface area contributed by atoms with Crippen molar-refractivity contribution in [3.8, 4) is 0 Å². The minimum Gasteiger partial charge on any atom is -0.353 e. The summed E-state index contributed by atoms with van der Waals surface area (Å²) >= 11 is 1.57. The number of nitrogens with zero attached hydrogens (tertiary/aromatic N) is 5. The maximum absolute atomic E-state index is 12.6. The van der Waals surface area contributed by atoms with Crippen LogP contribution in [0.2, 0.25) is 0 Å². The van der Waals surface area contributed by atoms with Gasteiger partial charge in [0.1, 0.15) is 11.6 Å². The van der Waals surface area contributed by atoms with Gasteiger partial charge in [-0.2, -0.15) is 12.8 Å². The summed E-state index contributed by atoms with van der Waals surface area (Å²) in [5.74, 6) is 1.76. The van der Waals surface area contributed by atoms with E-state index in [0.29, 0.717) is 11.5 Å². The fourth-order valence-corrected chi connectivity index (χ4v) is 6.07. The molecule has 8 nitrogen and oxygen atoms in total. The molecular weight excluding hydrogens is 468 g/mol. The predicted molar refractivity (Wildman–Crippen MR) is 137 cm³/mol. The summed E-state index contributed by atoms with van der Waals surface area (Å²) in [4.78, 5) is 8.98. The van der Waals surface area contributed by atoms with Crippen molar-refractivity contribution in [3.05, 3.63) is 66.1 Å². The topological polar surface area (TPSA) is 83.4 Å². The standard InChI is InChI=1S/C24H28N6O2S2/c1-18-25-23(17-28(18)2)34(31,32)27-20-9-7-19(8-10-20)11-12-29-13-15-30(16-14-29)24-21-5-3-4-6-22(21)33-26-24/h3-10,17,27H,11-16H2,1-2H3. The molecule has 0 aliphatic carbocycles. The molecule has 1 fully saturated rings. The number of nitrogens with one attached hydrogen (secondary N) is 1. The number of piperazine rings is 1. The summed E-state index contributed by atoms with van der Waals surface area (Å²) in [5, 5.41) is 1.27. The Bertz CT molecular complexity index is 1370. The third-order valence-corrected chi connectivity index (χ3v) is 8.38. The van der Waals surface area contributed by atoms with Crippen molar-refractivity contribution >= 4 is 43.1 Å². The van der Waals surface area contributed by atoms with Crippen molar-refractivity contribution < 1.29 is 8.42 Å². The number of rotatable bonds is 7. The molecule has 1 N–H and O–H groups in total. The monoisotopic (exact) mass is 496 g/mol. The summed E-state index contributed by atoms with van der Waals surface area (Å²) in [6, 6.07) is 16.0. The molecule has 0 amide bonds. The van der Waals surface area contributed by atoms with Crippen molar-refractivity contribution in [3.63, 3.8) is 0 Å². The lowest BCUT2D eigenvalue weighted by Crippen LogP contribution is -2.47. The van der Waals surface area contributed by atoms with Gasteiger partial charge in [-0.1, -0.05) is 24.3 Å². The molecule has 10 heteroatoms. The Balaban J connectivity index is 1.13. The molecule has 178 valence electrons. The van der Waals surface area contributed by atoms with Gasteiger partial charge in [0.05, 0.1) is 4.70 Å². The summed E-state index contributed by atoms with van der Waals surface area (Å²) < 4.78 is 35.4. The highest BCUT2D eigenvalue weighted by molar-refractivity contribution is 7.92. The molecule has 2 aromatic heterocycles. The molecule has 0 spiro atoms. The largest absolute Gasteiger partial charge is 0.353 e. The summed E-state index contributed by atoms with van der Waals surface area (Å²) in [7, 11) is -1.92. The number of aryl methyl sites for hydroxylation is 2. The molecule has 34 heavy (non-hydrogen) atoms. The van der Waals surface area contributed by atoms with Crippen molar-refractivity contribution in [1.82, 2.24) is 18.8 Å². The van der Waals surface area contributed by atoms with Crippen LogP contribution in [0.1, 0.15) is 11.4 Å². The molecule has 0 saturated carbocycles. The molecule has 1 aliphatic heterocycles. The minimum atomic E-state index is -3.69. The maximum atomic E-state index is 12.6. The number of fused-ring (bicyclic) bond motifs is 1. The fourth-order valence-electron chi connectivity index (χ4n) is 4.17. The van der Waals surface area contributed by atoms with E-state index < -0.39 is 10.0 Å². The van der Waals surface area contributed by atoms with E-state index in [1.54, 1.807) is 30.1 Å². The Kier molecular flexibility index (Phi) is 6.28. The first kappa shape index (κ1) is 22.8. The van der Waals surface area contributed by atoms with E-state index in [1.807, 2.05) is 24.3 Å². The van der Waals surface area contributed by atoms with E-state index in [-0.39, 0.29) is 5.03 Å². The normalized spacial score (nSPS) is 15.2. The number of benzene rings is 2. The zero-order valence-electron chi connectivity index (χ0n) is 19.3. The van der Waals surface area contributed by atoms with E-state index >= 15 is 0 Å². The van der Waals surface area contributed by atoms with Gasteiger partial charge in [0.25, 0.3) is 10.0 Å². The second-order valence-corrected chi connectivity index (χ2v) is 11.1. The molecule has 0 bridgehead atoms. The van der Waals surface area contributed by atoms with E-state index in [4.69, 9.17) is 4.37 Å². The number of aromatic nitrogens is 3. The average molecular weight is 497 g/mol. The highest BCUT2D eigenvalue weighted by atomic mass is 32.2. The maximum Gasteiger partial charge on any atom is 0.280 e. The lowest BCUT2D eigenvalue weighted by Gasteiger charge is -2.35. The van der Waals surface area contributed by atoms with Gasteiger partial charge in [0.2, 0.25) is 0 Å². The molecule has 4 aromatic rings. The Morgan fingerprint density at radius 2 is 1.76 bits per heavy atom. The van der Waals surface area contributed by atoms with Crippen molar-refractivity contribution in [1.29, 1.82) is 0 Å². The summed E-state index contributed by atoms with van der Waals surface area (Å²) in [5.41, 5.74) is 1.72. The van der Waals surface area contributed by atoms with Crippen LogP contribution in [0.15, 0.2) is 59.8 Å².